The Hall–Kier alpha value is 0.620. The van der Waals surface area contributed by atoms with Gasteiger partial charge in [0, 0.05) is 10.3 Å². The van der Waals surface area contributed by atoms with Gasteiger partial charge in [-0.1, -0.05) is 39.0 Å². The Kier molecular flexibility index (Phi) is 6.19. The maximum atomic E-state index is 3.64. The average Bonchev–Trinajstić information content (AvgIpc) is 2.87. The first-order chi connectivity index (χ1) is 8.72. The highest BCUT2D eigenvalue weighted by Gasteiger charge is 2.11. The van der Waals surface area contributed by atoms with Crippen molar-refractivity contribution in [2.75, 3.05) is 0 Å². The molecule has 2 heterocycles. The van der Waals surface area contributed by atoms with E-state index < -0.39 is 0 Å². The molecule has 4 heteroatoms. The minimum atomic E-state index is 1.25. The van der Waals surface area contributed by atoms with Crippen LogP contribution in [0.5, 0.6) is 0 Å². The molecule has 0 unspecified atom stereocenters. The Morgan fingerprint density at radius 2 is 1.67 bits per heavy atom. The molecule has 2 aromatic heterocycles. The number of halogens is 2. The van der Waals surface area contributed by atoms with Gasteiger partial charge in [-0.25, -0.2) is 0 Å². The van der Waals surface area contributed by atoms with Gasteiger partial charge < -0.3 is 0 Å². The van der Waals surface area contributed by atoms with Crippen molar-refractivity contribution in [1.82, 2.24) is 0 Å². The van der Waals surface area contributed by atoms with Crippen molar-refractivity contribution < 1.29 is 0 Å². The van der Waals surface area contributed by atoms with E-state index in [2.05, 4.69) is 44.8 Å². The lowest BCUT2D eigenvalue weighted by atomic mass is 10.1. The van der Waals surface area contributed by atoms with Crippen LogP contribution >= 0.6 is 54.5 Å². The first-order valence-corrected chi connectivity index (χ1v) is 9.80. The van der Waals surface area contributed by atoms with Gasteiger partial charge in [0.15, 0.2) is 0 Å². The predicted molar refractivity (Wildman–Crippen MR) is 92.2 cm³/mol. The first-order valence-electron chi connectivity index (χ1n) is 6.58. The zero-order valence-electron chi connectivity index (χ0n) is 10.6. The van der Waals surface area contributed by atoms with Gasteiger partial charge in [-0.05, 0) is 50.8 Å². The maximum Gasteiger partial charge on any atom is 0.0888 e. The third-order valence-electron chi connectivity index (χ3n) is 3.13. The summed E-state index contributed by atoms with van der Waals surface area (Å²) >= 11 is 11.0. The van der Waals surface area contributed by atoms with E-state index in [-0.39, 0.29) is 0 Å². The van der Waals surface area contributed by atoms with Crippen LogP contribution in [-0.2, 0) is 6.42 Å². The lowest BCUT2D eigenvalue weighted by Gasteiger charge is -1.99. The highest BCUT2D eigenvalue weighted by Crippen LogP contribution is 2.43. The molecule has 0 aliphatic rings. The SMILES string of the molecule is CCCCCCCCc1cc2c(Br)sc(Br)c2s1. The zero-order valence-corrected chi connectivity index (χ0v) is 15.4. The molecule has 0 aliphatic heterocycles. The van der Waals surface area contributed by atoms with Crippen LogP contribution in [0.15, 0.2) is 13.6 Å². The quantitative estimate of drug-likeness (QED) is 0.418. The largest absolute Gasteiger partial charge is 0.138 e. The molecule has 0 aromatic carbocycles. The van der Waals surface area contributed by atoms with Crippen LogP contribution in [0.4, 0.5) is 0 Å². The molecule has 0 bridgehead atoms. The number of thiophene rings is 2. The minimum absolute atomic E-state index is 1.25. The number of fused-ring (bicyclic) bond motifs is 1. The molecule has 0 fully saturated rings. The third kappa shape index (κ3) is 3.81. The van der Waals surface area contributed by atoms with Gasteiger partial charge in [0.2, 0.25) is 0 Å². The van der Waals surface area contributed by atoms with Crippen molar-refractivity contribution in [3.63, 3.8) is 0 Å². The average molecular weight is 410 g/mol. The van der Waals surface area contributed by atoms with Gasteiger partial charge in [0.25, 0.3) is 0 Å². The Morgan fingerprint density at radius 3 is 2.39 bits per heavy atom. The van der Waals surface area contributed by atoms with E-state index >= 15 is 0 Å². The summed E-state index contributed by atoms with van der Waals surface area (Å²) < 4.78 is 3.94. The van der Waals surface area contributed by atoms with Gasteiger partial charge in [-0.15, -0.1) is 22.7 Å². The van der Waals surface area contributed by atoms with Crippen LogP contribution in [0.2, 0.25) is 0 Å². The second kappa shape index (κ2) is 7.41. The zero-order chi connectivity index (χ0) is 13.0. The third-order valence-corrected chi connectivity index (χ3v) is 7.31. The number of rotatable bonds is 7. The second-order valence-corrected chi connectivity index (χ2v) is 9.42. The number of unbranched alkanes of at least 4 members (excludes halogenated alkanes) is 5. The van der Waals surface area contributed by atoms with Crippen molar-refractivity contribution >= 4 is 64.6 Å². The van der Waals surface area contributed by atoms with Crippen LogP contribution < -0.4 is 0 Å². The smallest absolute Gasteiger partial charge is 0.0888 e. The van der Waals surface area contributed by atoms with E-state index in [9.17, 15) is 0 Å². The molecular formula is C14H18Br2S2. The van der Waals surface area contributed by atoms with Gasteiger partial charge in [-0.2, -0.15) is 0 Å². The molecule has 0 aliphatic carbocycles. The summed E-state index contributed by atoms with van der Waals surface area (Å²) in [6.07, 6.45) is 9.51. The molecule has 0 amide bonds. The summed E-state index contributed by atoms with van der Waals surface area (Å²) in [7, 11) is 0. The fourth-order valence-electron chi connectivity index (χ4n) is 2.12. The van der Waals surface area contributed by atoms with Crippen LogP contribution in [0.3, 0.4) is 0 Å². The van der Waals surface area contributed by atoms with E-state index in [0.717, 1.165) is 0 Å². The fourth-order valence-corrected chi connectivity index (χ4v) is 6.62. The van der Waals surface area contributed by atoms with Crippen LogP contribution in [-0.4, -0.2) is 0 Å². The Labute approximate surface area is 134 Å². The second-order valence-electron chi connectivity index (χ2n) is 4.62. The highest BCUT2D eigenvalue weighted by molar-refractivity contribution is 9.12. The van der Waals surface area contributed by atoms with Crippen molar-refractivity contribution in [3.05, 3.63) is 18.5 Å². The molecule has 100 valence electrons. The Bertz CT molecular complexity index is 465. The molecule has 0 spiro atoms. The highest BCUT2D eigenvalue weighted by atomic mass is 79.9. The first kappa shape index (κ1) is 15.0. The summed E-state index contributed by atoms with van der Waals surface area (Å²) in [5, 5.41) is 1.39. The van der Waals surface area contributed by atoms with E-state index in [1.165, 1.54) is 67.5 Å². The maximum absolute atomic E-state index is 3.64. The van der Waals surface area contributed by atoms with E-state index in [1.54, 1.807) is 11.3 Å². The van der Waals surface area contributed by atoms with E-state index in [4.69, 9.17) is 0 Å². The summed E-state index contributed by atoms with van der Waals surface area (Å²) in [5.41, 5.74) is 0. The molecule has 18 heavy (non-hydrogen) atoms. The van der Waals surface area contributed by atoms with Crippen LogP contribution in [0.1, 0.15) is 50.3 Å². The predicted octanol–water partition coefficient (Wildman–Crippen LogP) is 7.39. The lowest BCUT2D eigenvalue weighted by molar-refractivity contribution is 0.609. The number of hydrogen-bond donors (Lipinski definition) is 0. The molecule has 0 saturated carbocycles. The monoisotopic (exact) mass is 408 g/mol. The van der Waals surface area contributed by atoms with Gasteiger partial charge in [-0.3, -0.25) is 0 Å². The molecule has 2 aromatic rings. The molecular weight excluding hydrogens is 392 g/mol. The van der Waals surface area contributed by atoms with E-state index in [0.29, 0.717) is 0 Å². The van der Waals surface area contributed by atoms with E-state index in [1.807, 2.05) is 11.3 Å². The van der Waals surface area contributed by atoms with Crippen molar-refractivity contribution in [1.29, 1.82) is 0 Å². The van der Waals surface area contributed by atoms with Crippen LogP contribution in [0.25, 0.3) is 10.1 Å². The summed E-state index contributed by atoms with van der Waals surface area (Å²) in [4.78, 5) is 1.53. The van der Waals surface area contributed by atoms with Gasteiger partial charge >= 0.3 is 0 Å². The van der Waals surface area contributed by atoms with Crippen molar-refractivity contribution in [2.24, 2.45) is 0 Å². The summed E-state index contributed by atoms with van der Waals surface area (Å²) in [5.74, 6) is 0. The normalized spacial score (nSPS) is 11.5. The van der Waals surface area contributed by atoms with Crippen LogP contribution in [0, 0.1) is 0 Å². The Balaban J connectivity index is 1.83. The minimum Gasteiger partial charge on any atom is -0.138 e. The Morgan fingerprint density at radius 1 is 0.944 bits per heavy atom. The molecule has 0 atom stereocenters. The number of hydrogen-bond acceptors (Lipinski definition) is 2. The molecule has 0 nitrogen and oxygen atoms in total. The van der Waals surface area contributed by atoms with Gasteiger partial charge in [0.1, 0.15) is 0 Å². The summed E-state index contributed by atoms with van der Waals surface area (Å²) in [6.45, 7) is 2.27. The van der Waals surface area contributed by atoms with Crippen molar-refractivity contribution in [2.45, 2.75) is 51.9 Å². The summed E-state index contributed by atoms with van der Waals surface area (Å²) in [6, 6.07) is 2.36. The lowest BCUT2D eigenvalue weighted by Crippen LogP contribution is -1.82. The topological polar surface area (TPSA) is 0 Å². The van der Waals surface area contributed by atoms with Crippen molar-refractivity contribution in [3.8, 4) is 0 Å². The molecule has 0 radical (unpaired) electrons. The fraction of sp³-hybridized carbons (Fsp3) is 0.571. The molecule has 0 N–H and O–H groups in total. The standard InChI is InChI=1S/C14H18Br2S2/c1-2-3-4-5-6-7-8-10-9-11-12(17-10)14(16)18-13(11)15/h9H,2-8H2,1H3. The molecule has 2 rings (SSSR count). The van der Waals surface area contributed by atoms with Gasteiger partial charge in [0.05, 0.1) is 12.3 Å². The molecule has 0 saturated heterocycles. The number of aryl methyl sites for hydroxylation is 1.